The molecule has 0 fully saturated rings. The fourth-order valence-electron chi connectivity index (χ4n) is 0. The first kappa shape index (κ1) is 63.1. The van der Waals surface area contributed by atoms with Crippen LogP contribution >= 0.6 is 13.5 Å². The second-order valence-corrected chi connectivity index (χ2v) is 0. The summed E-state index contributed by atoms with van der Waals surface area (Å²) >= 11 is 0. The Morgan fingerprint density at radius 3 is 0.800 bits per heavy atom. The van der Waals surface area contributed by atoms with Gasteiger partial charge in [-0.15, -0.1) is 0 Å². The molecule has 0 aromatic carbocycles. The van der Waals surface area contributed by atoms with Crippen LogP contribution < -0.4 is 0 Å². The molecule has 0 heterocycles. The fourth-order valence-corrected chi connectivity index (χ4v) is 0. The van der Waals surface area contributed by atoms with Gasteiger partial charge in [-0.2, -0.15) is 0 Å². The van der Waals surface area contributed by atoms with Gasteiger partial charge in [-0.3, -0.25) is 0 Å². The maximum Gasteiger partial charge on any atom is 0 e. The second kappa shape index (κ2) is 37.5. The summed E-state index contributed by atoms with van der Waals surface area (Å²) in [6.07, 6.45) is 0. The molecule has 0 bridgehead atoms. The van der Waals surface area contributed by atoms with E-state index in [4.69, 9.17) is 0 Å². The molecule has 26 valence electrons. The third kappa shape index (κ3) is 24.0. The van der Waals surface area contributed by atoms with Gasteiger partial charge in [0.1, 0.15) is 0 Å². The van der Waals surface area contributed by atoms with Crippen molar-refractivity contribution in [2.75, 3.05) is 0 Å². The van der Waals surface area contributed by atoms with Crippen LogP contribution in [-0.2, 0) is 22.0 Å². The molecule has 0 aliphatic rings. The second-order valence-electron chi connectivity index (χ2n) is 0. The molecule has 0 aromatic heterocycles. The van der Waals surface area contributed by atoms with Crippen LogP contribution in [0.4, 0.5) is 0 Å². The Balaban J connectivity index is 0. The Morgan fingerprint density at radius 2 is 0.800 bits per heavy atom. The molecular weight excluding hydrogens is 121 g/mol. The monoisotopic (exact) mass is 122 g/mol. The Hall–Kier alpha value is 2.00. The van der Waals surface area contributed by atoms with Crippen LogP contribution in [0, 0.1) is 0 Å². The van der Waals surface area contributed by atoms with Gasteiger partial charge in [-0.25, -0.2) is 0 Å². The van der Waals surface area contributed by atoms with Crippen molar-refractivity contribution >= 4 is 51.2 Å². The van der Waals surface area contributed by atoms with E-state index in [1.165, 1.54) is 0 Å². The van der Waals surface area contributed by atoms with E-state index in [2.05, 4.69) is 0 Å². The maximum atomic E-state index is 0. The van der Waals surface area contributed by atoms with Gasteiger partial charge in [-0.1, -0.05) is 0 Å². The first-order valence-electron chi connectivity index (χ1n) is 0. The Bertz CT molecular complexity index is 9.61. The summed E-state index contributed by atoms with van der Waals surface area (Å²) in [5.74, 6) is 0. The zero-order valence-electron chi connectivity index (χ0n) is 1.13. The van der Waals surface area contributed by atoms with E-state index in [-0.39, 0.29) is 73.2 Å². The van der Waals surface area contributed by atoms with Crippen LogP contribution in [0.2, 0.25) is 0 Å². The summed E-state index contributed by atoms with van der Waals surface area (Å²) < 4.78 is 0. The normalized spacial score (nSPS) is 0. The van der Waals surface area contributed by atoms with Crippen molar-refractivity contribution in [2.24, 2.45) is 0 Å². The minimum atomic E-state index is 0. The first-order chi connectivity index (χ1) is 0. The molecule has 0 atom stereocenters. The Morgan fingerprint density at radius 1 is 0.800 bits per heavy atom. The zero-order valence-corrected chi connectivity index (χ0v) is 2.94. The van der Waals surface area contributed by atoms with E-state index in [1.807, 2.05) is 0 Å². The molecule has 0 spiro atoms. The standard InChI is InChI=1S/2Li.Ni.O.S.2H. The van der Waals surface area contributed by atoms with Crippen molar-refractivity contribution < 1.29 is 22.0 Å². The van der Waals surface area contributed by atoms with Gasteiger partial charge < -0.3 is 0 Å². The number of hydrogen-bond acceptors (Lipinski definition) is 0. The predicted molar refractivity (Wildman–Crippen MR) is 22.6 cm³/mol. The summed E-state index contributed by atoms with van der Waals surface area (Å²) in [5.41, 5.74) is 0. The molecule has 0 rings (SSSR count). The quantitative estimate of drug-likeness (QED) is 0.378. The molecule has 1 nitrogen and oxygen atoms in total. The molecular formula is H2Li2NiOS. The van der Waals surface area contributed by atoms with Crippen LogP contribution in [0.1, 0.15) is 0 Å². The maximum absolute atomic E-state index is 0. The van der Waals surface area contributed by atoms with E-state index in [9.17, 15) is 0 Å². The van der Waals surface area contributed by atoms with Crippen LogP contribution in [0.25, 0.3) is 0 Å². The minimum absolute atomic E-state index is 0. The average molecular weight is 123 g/mol. The zero-order chi connectivity index (χ0) is 0. The third-order valence-corrected chi connectivity index (χ3v) is 0. The summed E-state index contributed by atoms with van der Waals surface area (Å²) in [5, 5.41) is 0. The molecule has 4 radical (unpaired) electrons. The van der Waals surface area contributed by atoms with Gasteiger partial charge in [0.25, 0.3) is 0 Å². The third-order valence-electron chi connectivity index (χ3n) is 0. The van der Waals surface area contributed by atoms with E-state index in [0.29, 0.717) is 0 Å². The van der Waals surface area contributed by atoms with E-state index in [0.717, 1.165) is 0 Å². The molecule has 0 N–H and O–H groups in total. The minimum Gasteiger partial charge on any atom is 0 e. The van der Waals surface area contributed by atoms with E-state index < -0.39 is 0 Å². The number of rotatable bonds is 0. The first-order valence-corrected chi connectivity index (χ1v) is 0. The predicted octanol–water partition coefficient (Wildman–Crippen LogP) is -0.770. The summed E-state index contributed by atoms with van der Waals surface area (Å²) in [6.45, 7) is 0. The van der Waals surface area contributed by atoms with Gasteiger partial charge >= 0.3 is 37.7 Å². The molecule has 0 unspecified atom stereocenters. The van der Waals surface area contributed by atoms with Crippen molar-refractivity contribution in [3.8, 4) is 0 Å². The molecule has 5 heavy (non-hydrogen) atoms. The molecule has 0 aromatic rings. The van der Waals surface area contributed by atoms with Gasteiger partial charge in [-0.05, 0) is 0 Å². The molecule has 0 saturated carbocycles. The summed E-state index contributed by atoms with van der Waals surface area (Å²) in [4.78, 5) is 0. The molecule has 0 saturated heterocycles. The van der Waals surface area contributed by atoms with Gasteiger partial charge in [0, 0.05) is 35.5 Å². The van der Waals surface area contributed by atoms with Crippen molar-refractivity contribution in [3.63, 3.8) is 0 Å². The molecule has 0 aliphatic carbocycles. The molecule has 5 heteroatoms. The van der Waals surface area contributed by atoms with Crippen LogP contribution in [0.3, 0.4) is 0 Å². The van der Waals surface area contributed by atoms with Crippen molar-refractivity contribution in [1.82, 2.24) is 0 Å². The van der Waals surface area contributed by atoms with Crippen LogP contribution in [0.15, 0.2) is 0 Å². The van der Waals surface area contributed by atoms with Crippen molar-refractivity contribution in [1.29, 1.82) is 0 Å². The number of hydrogen-bond donors (Lipinski definition) is 0. The van der Waals surface area contributed by atoms with Crippen LogP contribution in [0.5, 0.6) is 0 Å². The van der Waals surface area contributed by atoms with Gasteiger partial charge in [0.2, 0.25) is 0 Å². The largest absolute Gasteiger partial charge is 0 e. The van der Waals surface area contributed by atoms with E-state index >= 15 is 0 Å². The Labute approximate surface area is 72.7 Å². The Kier molecular flexibility index (Phi) is 473. The van der Waals surface area contributed by atoms with Crippen LogP contribution in [-0.4, -0.2) is 37.7 Å². The summed E-state index contributed by atoms with van der Waals surface area (Å²) in [7, 11) is 0. The molecule has 0 aliphatic heterocycles. The van der Waals surface area contributed by atoms with Gasteiger partial charge in [0.15, 0.2) is 0 Å². The van der Waals surface area contributed by atoms with Crippen molar-refractivity contribution in [3.05, 3.63) is 0 Å². The van der Waals surface area contributed by atoms with E-state index in [1.54, 1.807) is 0 Å². The van der Waals surface area contributed by atoms with Gasteiger partial charge in [0.05, 0.1) is 0 Å². The average Bonchev–Trinajstić information content (AvgIpc) is 0. The summed E-state index contributed by atoms with van der Waals surface area (Å²) in [6, 6.07) is 0. The SMILES string of the molecule is [LiH].[LiH].[Ni].[O].[S]. The fraction of sp³-hybridized carbons (Fsp3) is 0. The topological polar surface area (TPSA) is 28.5 Å². The molecule has 0 amide bonds. The van der Waals surface area contributed by atoms with Crippen molar-refractivity contribution in [2.45, 2.75) is 0 Å². The smallest absolute Gasteiger partial charge is 0 e.